The number of hydrogen-bond donors (Lipinski definition) is 0. The summed E-state index contributed by atoms with van der Waals surface area (Å²) in [7, 11) is 0. The summed E-state index contributed by atoms with van der Waals surface area (Å²) in [5, 5.41) is 30.5. The normalized spacial score (nSPS) is 12.0. The van der Waals surface area contributed by atoms with Gasteiger partial charge in [-0.1, -0.05) is 257 Å². The van der Waals surface area contributed by atoms with Gasteiger partial charge < -0.3 is 0 Å². The Bertz CT molecular complexity index is 4190. The van der Waals surface area contributed by atoms with Crippen LogP contribution in [0.2, 0.25) is 0 Å². The number of rotatable bonds is 12. The topological polar surface area (TPSA) is 92.1 Å². The maximum Gasteiger partial charge on any atom is 0.113 e. The van der Waals surface area contributed by atoms with Crippen LogP contribution >= 0.6 is 0 Å². The third-order valence-corrected chi connectivity index (χ3v) is 18.1. The minimum atomic E-state index is -0.147. The molecule has 9 heteroatoms. The van der Waals surface area contributed by atoms with Crippen molar-refractivity contribution >= 4 is 0 Å². The fourth-order valence-corrected chi connectivity index (χ4v) is 12.2. The quantitative estimate of drug-likeness (QED) is 0.121. The van der Waals surface area contributed by atoms with Crippen LogP contribution in [-0.4, -0.2) is 45.0 Å². The number of benzene rings is 10. The molecule has 13 rings (SSSR count). The standard InChI is InChI=1S/C84H81N9/c1-52-16-28-58(29-17-52)70-43-67(82(7,8)9)44-71(59-30-18-53(2)19-31-59)79(70)91-49-76(85-88-91)64-40-65(77-50-92(89-86-77)80-72(60-32-20-54(3)21-33-60)45-68(83(10,11)12)46-73(80)61-34-22-55(4)23-35-61)42-66(41-64)78-51-93(90-87-78)81-74(62-36-24-56(5)25-37-62)47-69(84(13,14)15)48-75(81)63-38-26-57(6)27-39-63/h16-51H,1-15H3. The Hall–Kier alpha value is -10.4. The average Bonchev–Trinajstić information content (AvgIpc) is 1.77. The Morgan fingerprint density at radius 1 is 0.226 bits per heavy atom. The van der Waals surface area contributed by atoms with Gasteiger partial charge in [0.25, 0.3) is 0 Å². The fraction of sp³-hybridized carbons (Fsp3) is 0.214. The Labute approximate surface area is 548 Å². The molecule has 13 aromatic rings. The van der Waals surface area contributed by atoms with E-state index in [0.717, 1.165) is 101 Å². The molecule has 0 atom stereocenters. The van der Waals surface area contributed by atoms with E-state index in [2.05, 4.69) is 323 Å². The summed E-state index contributed by atoms with van der Waals surface area (Å²) in [5.74, 6) is 0. The van der Waals surface area contributed by atoms with Crippen LogP contribution in [0, 0.1) is 41.5 Å². The lowest BCUT2D eigenvalue weighted by atomic mass is 9.82. The largest absolute Gasteiger partial charge is 0.219 e. The second-order valence-corrected chi connectivity index (χ2v) is 28.7. The first kappa shape index (κ1) is 61.5. The Balaban J connectivity index is 1.04. The van der Waals surface area contributed by atoms with Gasteiger partial charge in [-0.15, -0.1) is 15.3 Å². The van der Waals surface area contributed by atoms with E-state index in [0.29, 0.717) is 17.1 Å². The molecular formula is C84H81N9. The molecule has 3 heterocycles. The van der Waals surface area contributed by atoms with E-state index in [1.807, 2.05) is 14.0 Å². The molecule has 0 N–H and O–H groups in total. The summed E-state index contributed by atoms with van der Waals surface area (Å²) in [6, 6.07) is 73.2. The smallest absolute Gasteiger partial charge is 0.113 e. The van der Waals surface area contributed by atoms with Gasteiger partial charge in [-0.25, -0.2) is 14.0 Å². The predicted molar refractivity (Wildman–Crippen MR) is 385 cm³/mol. The third kappa shape index (κ3) is 12.6. The molecule has 0 radical (unpaired) electrons. The highest BCUT2D eigenvalue weighted by atomic mass is 15.4. The minimum Gasteiger partial charge on any atom is -0.219 e. The van der Waals surface area contributed by atoms with Gasteiger partial charge in [0.15, 0.2) is 0 Å². The van der Waals surface area contributed by atoms with Crippen molar-refractivity contribution in [2.75, 3.05) is 0 Å². The summed E-state index contributed by atoms with van der Waals surface area (Å²) in [6.07, 6.45) is 6.19. The highest BCUT2D eigenvalue weighted by Gasteiger charge is 2.28. The van der Waals surface area contributed by atoms with Crippen molar-refractivity contribution in [2.45, 2.75) is 120 Å². The van der Waals surface area contributed by atoms with E-state index in [-0.39, 0.29) is 16.2 Å². The SMILES string of the molecule is Cc1ccc(-c2cc(C(C)(C)C)cc(-c3ccc(C)cc3)c2-n2cc(-c3cc(-c4cn(-c5c(-c6ccc(C)cc6)cc(C(C)(C)C)cc5-c5ccc(C)cc5)nn4)cc(-c4cn(-c5c(-c6ccc(C)cc6)cc(C(C)(C)C)cc5-c5ccc(C)cc5)nn4)c3)nn2)cc1. The van der Waals surface area contributed by atoms with Crippen molar-refractivity contribution in [1.82, 2.24) is 45.0 Å². The molecule has 9 nitrogen and oxygen atoms in total. The van der Waals surface area contributed by atoms with Crippen molar-refractivity contribution in [1.29, 1.82) is 0 Å². The maximum absolute atomic E-state index is 5.10. The second kappa shape index (κ2) is 24.0. The van der Waals surface area contributed by atoms with Crippen LogP contribution in [0.25, 0.3) is 118 Å². The van der Waals surface area contributed by atoms with E-state index >= 15 is 0 Å². The van der Waals surface area contributed by atoms with Crippen LogP contribution in [0.3, 0.4) is 0 Å². The van der Waals surface area contributed by atoms with Crippen LogP contribution in [0.4, 0.5) is 0 Å². The van der Waals surface area contributed by atoms with Crippen LogP contribution in [0.15, 0.2) is 219 Å². The van der Waals surface area contributed by atoms with Crippen molar-refractivity contribution in [2.24, 2.45) is 0 Å². The van der Waals surface area contributed by atoms with Crippen LogP contribution < -0.4 is 0 Å². The van der Waals surface area contributed by atoms with Crippen molar-refractivity contribution in [3.05, 3.63) is 269 Å². The van der Waals surface area contributed by atoms with Gasteiger partial charge in [-0.3, -0.25) is 0 Å². The molecule has 0 aliphatic carbocycles. The molecule has 0 amide bonds. The molecule has 0 aliphatic rings. The van der Waals surface area contributed by atoms with E-state index in [4.69, 9.17) is 30.9 Å². The highest BCUT2D eigenvalue weighted by Crippen LogP contribution is 2.45. The zero-order chi connectivity index (χ0) is 65.3. The summed E-state index contributed by atoms with van der Waals surface area (Å²) in [4.78, 5) is 0. The van der Waals surface area contributed by atoms with Crippen molar-refractivity contribution in [3.8, 4) is 118 Å². The van der Waals surface area contributed by atoms with Crippen molar-refractivity contribution < 1.29 is 0 Å². The third-order valence-electron chi connectivity index (χ3n) is 18.1. The molecule has 0 fully saturated rings. The second-order valence-electron chi connectivity index (χ2n) is 28.7. The number of nitrogens with zero attached hydrogens (tertiary/aromatic N) is 9. The zero-order valence-corrected chi connectivity index (χ0v) is 56.3. The molecule has 0 saturated heterocycles. The summed E-state index contributed by atoms with van der Waals surface area (Å²) < 4.78 is 5.89. The molecule has 0 saturated carbocycles. The zero-order valence-electron chi connectivity index (χ0n) is 56.3. The van der Waals surface area contributed by atoms with E-state index in [1.54, 1.807) is 0 Å². The first-order chi connectivity index (χ1) is 44.4. The van der Waals surface area contributed by atoms with Crippen LogP contribution in [0.5, 0.6) is 0 Å². The van der Waals surface area contributed by atoms with E-state index in [9.17, 15) is 0 Å². The van der Waals surface area contributed by atoms with Crippen LogP contribution in [-0.2, 0) is 16.2 Å². The van der Waals surface area contributed by atoms with Gasteiger partial charge in [-0.2, -0.15) is 0 Å². The van der Waals surface area contributed by atoms with E-state index < -0.39 is 0 Å². The van der Waals surface area contributed by atoms with Gasteiger partial charge in [0.1, 0.15) is 17.1 Å². The molecule has 3 aromatic heterocycles. The van der Waals surface area contributed by atoms with Gasteiger partial charge in [0.05, 0.1) is 35.7 Å². The molecule has 0 spiro atoms. The molecule has 10 aromatic carbocycles. The highest BCUT2D eigenvalue weighted by molar-refractivity contribution is 5.90. The van der Waals surface area contributed by atoms with Gasteiger partial charge in [0, 0.05) is 50.1 Å². The number of hydrogen-bond acceptors (Lipinski definition) is 6. The monoisotopic (exact) mass is 1220 g/mol. The molecule has 462 valence electrons. The number of aromatic nitrogens is 9. The lowest BCUT2D eigenvalue weighted by Crippen LogP contribution is -2.13. The minimum absolute atomic E-state index is 0.147. The average molecular weight is 1220 g/mol. The summed E-state index contributed by atoms with van der Waals surface area (Å²) in [5.41, 5.74) is 30.6. The lowest BCUT2D eigenvalue weighted by molar-refractivity contribution is 0.590. The maximum atomic E-state index is 5.10. The first-order valence-corrected chi connectivity index (χ1v) is 32.3. The molecule has 0 unspecified atom stereocenters. The predicted octanol–water partition coefficient (Wildman–Crippen LogP) is 21.2. The van der Waals surface area contributed by atoms with E-state index in [1.165, 1.54) is 50.1 Å². The van der Waals surface area contributed by atoms with Gasteiger partial charge >= 0.3 is 0 Å². The summed E-state index contributed by atoms with van der Waals surface area (Å²) in [6.45, 7) is 33.3. The Morgan fingerprint density at radius 3 is 0.559 bits per heavy atom. The Morgan fingerprint density at radius 2 is 0.398 bits per heavy atom. The summed E-state index contributed by atoms with van der Waals surface area (Å²) >= 11 is 0. The molecular weight excluding hydrogens is 1130 g/mol. The molecule has 0 aliphatic heterocycles. The lowest BCUT2D eigenvalue weighted by Gasteiger charge is -2.24. The first-order valence-electron chi connectivity index (χ1n) is 32.3. The fourth-order valence-electron chi connectivity index (χ4n) is 12.2. The van der Waals surface area contributed by atoms with Gasteiger partial charge in [0.2, 0.25) is 0 Å². The van der Waals surface area contributed by atoms with Crippen LogP contribution in [0.1, 0.15) is 112 Å². The van der Waals surface area contributed by atoms with Gasteiger partial charge in [-0.05, 0) is 162 Å². The Kier molecular flexibility index (Phi) is 15.9. The number of aryl methyl sites for hydroxylation is 6. The van der Waals surface area contributed by atoms with Crippen molar-refractivity contribution in [3.63, 3.8) is 0 Å². The molecule has 0 bridgehead atoms. The molecule has 93 heavy (non-hydrogen) atoms.